The van der Waals surface area contributed by atoms with Crippen LogP contribution in [0.5, 0.6) is 0 Å². The van der Waals surface area contributed by atoms with Crippen LogP contribution in [0, 0.1) is 22.7 Å². The molecule has 3 saturated carbocycles. The van der Waals surface area contributed by atoms with Crippen LogP contribution in [0.15, 0.2) is 0 Å². The molecule has 2 bridgehead atoms. The maximum Gasteiger partial charge on any atom is 0.325 e. The van der Waals surface area contributed by atoms with Gasteiger partial charge < -0.3 is 10.6 Å². The summed E-state index contributed by atoms with van der Waals surface area (Å²) in [7, 11) is 0. The van der Waals surface area contributed by atoms with Gasteiger partial charge in [0, 0.05) is 6.04 Å². The minimum absolute atomic E-state index is 0.0904. The van der Waals surface area contributed by atoms with E-state index < -0.39 is 11.6 Å². The monoisotopic (exact) mass is 347 g/mol. The SMILES string of the molecule is CC1(C)[C@@H]2CC[C@]1(C)[C@H](NC(=O)CN1C(=O)N[C@](C)(C3CC3)C1=O)C2. The van der Waals surface area contributed by atoms with Crippen LogP contribution in [0.3, 0.4) is 0 Å². The van der Waals surface area contributed by atoms with E-state index >= 15 is 0 Å². The van der Waals surface area contributed by atoms with E-state index in [1.807, 2.05) is 0 Å². The van der Waals surface area contributed by atoms with E-state index in [9.17, 15) is 14.4 Å². The fraction of sp³-hybridized carbons (Fsp3) is 0.842. The summed E-state index contributed by atoms with van der Waals surface area (Å²) in [5.41, 5.74) is -0.513. The van der Waals surface area contributed by atoms with Gasteiger partial charge in [-0.15, -0.1) is 0 Å². The van der Waals surface area contributed by atoms with Crippen LogP contribution in [0.25, 0.3) is 0 Å². The number of imide groups is 1. The number of nitrogens with zero attached hydrogens (tertiary/aromatic N) is 1. The normalized spacial score (nSPS) is 42.0. The van der Waals surface area contributed by atoms with E-state index in [2.05, 4.69) is 31.4 Å². The Bertz CT molecular complexity index is 656. The molecule has 0 unspecified atom stereocenters. The van der Waals surface area contributed by atoms with Crippen molar-refractivity contribution in [2.45, 2.75) is 71.4 Å². The van der Waals surface area contributed by atoms with Crippen molar-refractivity contribution in [3.63, 3.8) is 0 Å². The second-order valence-corrected chi connectivity index (χ2v) is 9.53. The fourth-order valence-electron chi connectivity index (χ4n) is 5.60. The minimum Gasteiger partial charge on any atom is -0.351 e. The lowest BCUT2D eigenvalue weighted by Gasteiger charge is -2.39. The number of hydrogen-bond acceptors (Lipinski definition) is 3. The highest BCUT2D eigenvalue weighted by Crippen LogP contribution is 2.65. The molecule has 6 heteroatoms. The van der Waals surface area contributed by atoms with E-state index in [1.54, 1.807) is 6.92 Å². The number of fused-ring (bicyclic) bond motifs is 2. The number of carbonyl (C=O) groups excluding carboxylic acids is 3. The van der Waals surface area contributed by atoms with Gasteiger partial charge in [-0.3, -0.25) is 14.5 Å². The van der Waals surface area contributed by atoms with Crippen LogP contribution in [0.4, 0.5) is 4.79 Å². The number of hydrogen-bond donors (Lipinski definition) is 2. The molecule has 4 aliphatic rings. The highest BCUT2D eigenvalue weighted by molar-refractivity contribution is 6.09. The first-order chi connectivity index (χ1) is 11.6. The third kappa shape index (κ3) is 2.18. The predicted molar refractivity (Wildman–Crippen MR) is 92.5 cm³/mol. The van der Waals surface area contributed by atoms with Gasteiger partial charge >= 0.3 is 6.03 Å². The van der Waals surface area contributed by atoms with Crippen molar-refractivity contribution in [1.29, 1.82) is 0 Å². The van der Waals surface area contributed by atoms with E-state index in [4.69, 9.17) is 0 Å². The van der Waals surface area contributed by atoms with E-state index in [0.29, 0.717) is 5.92 Å². The van der Waals surface area contributed by atoms with Gasteiger partial charge in [0.25, 0.3) is 5.91 Å². The summed E-state index contributed by atoms with van der Waals surface area (Å²) in [5.74, 6) is 0.368. The van der Waals surface area contributed by atoms with E-state index in [1.165, 1.54) is 6.42 Å². The first-order valence-corrected chi connectivity index (χ1v) is 9.53. The summed E-state index contributed by atoms with van der Waals surface area (Å²) in [6.07, 6.45) is 5.26. The summed E-state index contributed by atoms with van der Waals surface area (Å²) in [6.45, 7) is 8.47. The summed E-state index contributed by atoms with van der Waals surface area (Å²) < 4.78 is 0. The van der Waals surface area contributed by atoms with Gasteiger partial charge in [0.2, 0.25) is 5.91 Å². The number of nitrogens with one attached hydrogen (secondary N) is 2. The average Bonchev–Trinajstić information content (AvgIpc) is 3.29. The topological polar surface area (TPSA) is 78.5 Å². The Morgan fingerprint density at radius 1 is 1.16 bits per heavy atom. The molecule has 0 aromatic rings. The summed E-state index contributed by atoms with van der Waals surface area (Å²) in [4.78, 5) is 38.5. The van der Waals surface area contributed by atoms with Crippen LogP contribution in [-0.2, 0) is 9.59 Å². The third-order valence-corrected chi connectivity index (χ3v) is 8.13. The Morgan fingerprint density at radius 2 is 1.84 bits per heavy atom. The van der Waals surface area contributed by atoms with Gasteiger partial charge in [0.1, 0.15) is 12.1 Å². The van der Waals surface area contributed by atoms with Crippen molar-refractivity contribution < 1.29 is 14.4 Å². The Morgan fingerprint density at radius 3 is 2.36 bits per heavy atom. The highest BCUT2D eigenvalue weighted by Gasteiger charge is 2.62. The first-order valence-electron chi connectivity index (χ1n) is 9.53. The molecule has 4 amide bonds. The summed E-state index contributed by atoms with van der Waals surface area (Å²) >= 11 is 0. The molecule has 138 valence electrons. The van der Waals surface area contributed by atoms with Crippen molar-refractivity contribution in [3.8, 4) is 0 Å². The number of amides is 4. The Kier molecular flexibility index (Phi) is 3.36. The quantitative estimate of drug-likeness (QED) is 0.764. The van der Waals surface area contributed by atoms with Crippen LogP contribution in [0.2, 0.25) is 0 Å². The lowest BCUT2D eigenvalue weighted by molar-refractivity contribution is -0.135. The standard InChI is InChI=1S/C19H29N3O3/c1-17(2)12-7-8-18(17,3)13(9-12)20-14(23)10-22-15(24)19(4,11-5-6-11)21-16(22)25/h11-13H,5-10H2,1-4H3,(H,20,23)(H,21,25)/t12-,13-,18-,19-/m1/s1. The van der Waals surface area contributed by atoms with Crippen LogP contribution < -0.4 is 10.6 Å². The molecule has 4 atom stereocenters. The maximum absolute atomic E-state index is 12.6. The molecular weight excluding hydrogens is 318 g/mol. The van der Waals surface area contributed by atoms with Crippen molar-refractivity contribution in [2.24, 2.45) is 22.7 Å². The lowest BCUT2D eigenvalue weighted by Crippen LogP contribution is -2.51. The zero-order chi connectivity index (χ0) is 18.2. The van der Waals surface area contributed by atoms with Crippen molar-refractivity contribution >= 4 is 17.8 Å². The number of urea groups is 1. The zero-order valence-electron chi connectivity index (χ0n) is 15.6. The molecule has 25 heavy (non-hydrogen) atoms. The smallest absolute Gasteiger partial charge is 0.325 e. The average molecular weight is 347 g/mol. The molecule has 0 radical (unpaired) electrons. The Balaban J connectivity index is 1.42. The van der Waals surface area contributed by atoms with Crippen molar-refractivity contribution in [2.75, 3.05) is 6.54 Å². The molecule has 1 saturated heterocycles. The molecular formula is C19H29N3O3. The van der Waals surface area contributed by atoms with Gasteiger partial charge in [-0.1, -0.05) is 20.8 Å². The summed E-state index contributed by atoms with van der Waals surface area (Å²) in [5, 5.41) is 5.93. The Labute approximate surface area is 149 Å². The predicted octanol–water partition coefficient (Wildman–Crippen LogP) is 2.04. The molecule has 6 nitrogen and oxygen atoms in total. The second-order valence-electron chi connectivity index (χ2n) is 9.53. The molecule has 0 aromatic carbocycles. The molecule has 1 heterocycles. The largest absolute Gasteiger partial charge is 0.351 e. The van der Waals surface area contributed by atoms with Gasteiger partial charge in [-0.05, 0) is 61.7 Å². The number of carbonyl (C=O) groups is 3. The van der Waals surface area contributed by atoms with Crippen LogP contribution >= 0.6 is 0 Å². The molecule has 4 rings (SSSR count). The summed E-state index contributed by atoms with van der Waals surface area (Å²) in [6, 6.07) is -0.307. The minimum atomic E-state index is -0.822. The second kappa shape index (κ2) is 4.98. The van der Waals surface area contributed by atoms with Crippen LogP contribution in [-0.4, -0.2) is 40.9 Å². The first kappa shape index (κ1) is 16.9. The molecule has 0 aromatic heterocycles. The highest BCUT2D eigenvalue weighted by atomic mass is 16.2. The van der Waals surface area contributed by atoms with Crippen LogP contribution in [0.1, 0.15) is 59.8 Å². The van der Waals surface area contributed by atoms with Gasteiger partial charge in [0.15, 0.2) is 0 Å². The van der Waals surface area contributed by atoms with E-state index in [-0.39, 0.29) is 41.1 Å². The fourth-order valence-corrected chi connectivity index (χ4v) is 5.60. The molecule has 1 aliphatic heterocycles. The van der Waals surface area contributed by atoms with Crippen molar-refractivity contribution in [3.05, 3.63) is 0 Å². The Hall–Kier alpha value is -1.59. The lowest BCUT2D eigenvalue weighted by atomic mass is 9.69. The number of rotatable bonds is 4. The zero-order valence-corrected chi connectivity index (χ0v) is 15.6. The van der Waals surface area contributed by atoms with Gasteiger partial charge in [-0.2, -0.15) is 0 Å². The molecule has 2 N–H and O–H groups in total. The molecule has 4 fully saturated rings. The van der Waals surface area contributed by atoms with Gasteiger partial charge in [-0.25, -0.2) is 4.79 Å². The van der Waals surface area contributed by atoms with E-state index in [0.717, 1.165) is 30.6 Å². The van der Waals surface area contributed by atoms with Gasteiger partial charge in [0.05, 0.1) is 0 Å². The van der Waals surface area contributed by atoms with Crippen molar-refractivity contribution in [1.82, 2.24) is 15.5 Å². The molecule has 0 spiro atoms. The maximum atomic E-state index is 12.6. The third-order valence-electron chi connectivity index (χ3n) is 8.13. The molecule has 3 aliphatic carbocycles.